The van der Waals surface area contributed by atoms with E-state index < -0.39 is 0 Å². The molecule has 1 N–H and O–H groups in total. The van der Waals surface area contributed by atoms with Crippen LogP contribution in [0.4, 0.5) is 0 Å². The molecule has 0 saturated heterocycles. The van der Waals surface area contributed by atoms with Crippen molar-refractivity contribution in [2.45, 2.75) is 50.7 Å². The second-order valence-electron chi connectivity index (χ2n) is 7.32. The molecule has 1 saturated carbocycles. The Morgan fingerprint density at radius 3 is 2.68 bits per heavy atom. The molecule has 2 heterocycles. The number of benzene rings is 1. The van der Waals surface area contributed by atoms with Crippen LogP contribution in [0.2, 0.25) is 0 Å². The lowest BCUT2D eigenvalue weighted by Gasteiger charge is -2.21. The predicted octanol–water partition coefficient (Wildman–Crippen LogP) is 4.50. The molecule has 4 rings (SSSR count). The van der Waals surface area contributed by atoms with Gasteiger partial charge in [-0.3, -0.25) is 9.36 Å². The zero-order chi connectivity index (χ0) is 19.5. The van der Waals surface area contributed by atoms with Crippen LogP contribution in [-0.4, -0.2) is 49.4 Å². The first-order valence-electron chi connectivity index (χ1n) is 10.1. The number of hydrogen-bond donors (Lipinski definition) is 1. The number of aromatic nitrogens is 4. The maximum absolute atomic E-state index is 12.6. The molecule has 148 valence electrons. The van der Waals surface area contributed by atoms with Crippen molar-refractivity contribution in [2.24, 2.45) is 0 Å². The zero-order valence-electron chi connectivity index (χ0n) is 16.5. The van der Waals surface area contributed by atoms with Crippen molar-refractivity contribution in [2.75, 3.05) is 18.8 Å². The van der Waals surface area contributed by atoms with E-state index in [0.717, 1.165) is 66.2 Å². The molecule has 0 aliphatic heterocycles. The number of carbonyl (C=O) groups excluding carboxylic acids is 1. The molecule has 0 atom stereocenters. The third-order valence-corrected chi connectivity index (χ3v) is 6.00. The first kappa shape index (κ1) is 19.1. The molecule has 0 unspecified atom stereocenters. The first-order chi connectivity index (χ1) is 13.7. The van der Waals surface area contributed by atoms with Gasteiger partial charge >= 0.3 is 0 Å². The van der Waals surface area contributed by atoms with Gasteiger partial charge in [-0.05, 0) is 31.7 Å². The number of nitrogens with zero attached hydrogens (tertiary/aromatic N) is 4. The summed E-state index contributed by atoms with van der Waals surface area (Å²) in [7, 11) is 0. The Balaban J connectivity index is 1.57. The van der Waals surface area contributed by atoms with Crippen LogP contribution in [-0.2, 0) is 4.79 Å². The van der Waals surface area contributed by atoms with Crippen LogP contribution in [0.5, 0.6) is 0 Å². The standard InChI is InChI=1S/C21H27N5OS/c1-3-11-25(12-4-2)19(27)14-28-21-24-23-20(26(21)15-9-10-15)17-13-22-18-8-6-5-7-16(17)18/h5-8,13,15,22H,3-4,9-12,14H2,1-2H3. The van der Waals surface area contributed by atoms with E-state index in [1.807, 2.05) is 23.2 Å². The molecule has 2 aromatic heterocycles. The van der Waals surface area contributed by atoms with Crippen molar-refractivity contribution in [3.63, 3.8) is 0 Å². The van der Waals surface area contributed by atoms with Gasteiger partial charge in [0.05, 0.1) is 5.75 Å². The molecular weight excluding hydrogens is 370 g/mol. The summed E-state index contributed by atoms with van der Waals surface area (Å²) in [4.78, 5) is 17.9. The Labute approximate surface area is 169 Å². The van der Waals surface area contributed by atoms with E-state index in [1.54, 1.807) is 0 Å². The second kappa shape index (κ2) is 8.39. The predicted molar refractivity (Wildman–Crippen MR) is 113 cm³/mol. The lowest BCUT2D eigenvalue weighted by Crippen LogP contribution is -2.33. The van der Waals surface area contributed by atoms with Gasteiger partial charge in [-0.25, -0.2) is 0 Å². The van der Waals surface area contributed by atoms with E-state index >= 15 is 0 Å². The quantitative estimate of drug-likeness (QED) is 0.540. The number of rotatable bonds is 9. The number of nitrogens with one attached hydrogen (secondary N) is 1. The van der Waals surface area contributed by atoms with E-state index in [4.69, 9.17) is 0 Å². The fraction of sp³-hybridized carbons (Fsp3) is 0.476. The number of H-pyrrole nitrogens is 1. The van der Waals surface area contributed by atoms with E-state index in [0.29, 0.717) is 11.8 Å². The molecule has 0 spiro atoms. The van der Waals surface area contributed by atoms with Gasteiger partial charge in [-0.1, -0.05) is 43.8 Å². The van der Waals surface area contributed by atoms with Gasteiger partial charge < -0.3 is 9.88 Å². The summed E-state index contributed by atoms with van der Waals surface area (Å²) in [5, 5.41) is 11.0. The molecule has 3 aromatic rings. The summed E-state index contributed by atoms with van der Waals surface area (Å²) >= 11 is 1.51. The minimum Gasteiger partial charge on any atom is -0.360 e. The molecule has 7 heteroatoms. The fourth-order valence-electron chi connectivity index (χ4n) is 3.60. The number of aromatic amines is 1. The van der Waals surface area contributed by atoms with Crippen LogP contribution in [0.3, 0.4) is 0 Å². The minimum atomic E-state index is 0.188. The lowest BCUT2D eigenvalue weighted by molar-refractivity contribution is -0.128. The van der Waals surface area contributed by atoms with Crippen LogP contribution < -0.4 is 0 Å². The molecular formula is C21H27N5OS. The largest absolute Gasteiger partial charge is 0.360 e. The van der Waals surface area contributed by atoms with Gasteiger partial charge in [-0.15, -0.1) is 10.2 Å². The normalized spacial score (nSPS) is 13.9. The Morgan fingerprint density at radius 2 is 1.96 bits per heavy atom. The SMILES string of the molecule is CCCN(CCC)C(=O)CSc1nnc(-c2c[nH]c3ccccc23)n1C1CC1. The molecule has 1 fully saturated rings. The monoisotopic (exact) mass is 397 g/mol. The average molecular weight is 398 g/mol. The first-order valence-corrected chi connectivity index (χ1v) is 11.1. The Morgan fingerprint density at radius 1 is 1.21 bits per heavy atom. The van der Waals surface area contributed by atoms with Crippen LogP contribution in [0.15, 0.2) is 35.6 Å². The highest BCUT2D eigenvalue weighted by Gasteiger charge is 2.31. The minimum absolute atomic E-state index is 0.188. The van der Waals surface area contributed by atoms with Crippen molar-refractivity contribution >= 4 is 28.6 Å². The summed E-state index contributed by atoms with van der Waals surface area (Å²) in [6.45, 7) is 5.87. The van der Waals surface area contributed by atoms with Crippen molar-refractivity contribution in [3.05, 3.63) is 30.5 Å². The summed E-state index contributed by atoms with van der Waals surface area (Å²) in [6.07, 6.45) is 6.27. The summed E-state index contributed by atoms with van der Waals surface area (Å²) < 4.78 is 2.23. The number of thioether (sulfide) groups is 1. The van der Waals surface area contributed by atoms with E-state index in [1.165, 1.54) is 11.8 Å². The van der Waals surface area contributed by atoms with Gasteiger partial charge in [0.1, 0.15) is 0 Å². The van der Waals surface area contributed by atoms with Crippen molar-refractivity contribution in [3.8, 4) is 11.4 Å². The molecule has 1 aromatic carbocycles. The summed E-state index contributed by atoms with van der Waals surface area (Å²) in [6, 6.07) is 8.69. The molecule has 1 aliphatic carbocycles. The lowest BCUT2D eigenvalue weighted by atomic mass is 10.1. The Kier molecular flexibility index (Phi) is 5.71. The number of carbonyl (C=O) groups is 1. The third-order valence-electron chi connectivity index (χ3n) is 5.07. The molecule has 1 amide bonds. The van der Waals surface area contributed by atoms with Gasteiger partial charge in [0, 0.05) is 41.8 Å². The zero-order valence-corrected chi connectivity index (χ0v) is 17.3. The van der Waals surface area contributed by atoms with Crippen molar-refractivity contribution < 1.29 is 4.79 Å². The van der Waals surface area contributed by atoms with Crippen LogP contribution in [0.1, 0.15) is 45.6 Å². The van der Waals surface area contributed by atoms with Crippen LogP contribution in [0.25, 0.3) is 22.3 Å². The number of amides is 1. The Hall–Kier alpha value is -2.28. The van der Waals surface area contributed by atoms with Crippen molar-refractivity contribution in [1.29, 1.82) is 0 Å². The molecule has 0 radical (unpaired) electrons. The maximum atomic E-state index is 12.6. The smallest absolute Gasteiger partial charge is 0.233 e. The fourth-order valence-corrected chi connectivity index (χ4v) is 4.50. The number of hydrogen-bond acceptors (Lipinski definition) is 4. The van der Waals surface area contributed by atoms with Gasteiger partial charge in [0.2, 0.25) is 5.91 Å². The van der Waals surface area contributed by atoms with Gasteiger partial charge in [0.25, 0.3) is 0 Å². The molecule has 28 heavy (non-hydrogen) atoms. The Bertz CT molecular complexity index is 953. The number of para-hydroxylation sites is 1. The highest BCUT2D eigenvalue weighted by atomic mass is 32.2. The van der Waals surface area contributed by atoms with Gasteiger partial charge in [-0.2, -0.15) is 0 Å². The highest BCUT2D eigenvalue weighted by molar-refractivity contribution is 7.99. The summed E-state index contributed by atoms with van der Waals surface area (Å²) in [5.74, 6) is 1.50. The average Bonchev–Trinajstić information content (AvgIpc) is 3.32. The topological polar surface area (TPSA) is 66.8 Å². The van der Waals surface area contributed by atoms with E-state index in [9.17, 15) is 4.79 Å². The van der Waals surface area contributed by atoms with Gasteiger partial charge in [0.15, 0.2) is 11.0 Å². The van der Waals surface area contributed by atoms with Crippen LogP contribution >= 0.6 is 11.8 Å². The maximum Gasteiger partial charge on any atom is 0.233 e. The molecule has 0 bridgehead atoms. The van der Waals surface area contributed by atoms with Crippen LogP contribution in [0, 0.1) is 0 Å². The molecule has 1 aliphatic rings. The third kappa shape index (κ3) is 3.81. The summed E-state index contributed by atoms with van der Waals surface area (Å²) in [5.41, 5.74) is 2.17. The molecule has 6 nitrogen and oxygen atoms in total. The van der Waals surface area contributed by atoms with E-state index in [2.05, 4.69) is 45.7 Å². The van der Waals surface area contributed by atoms with Crippen molar-refractivity contribution in [1.82, 2.24) is 24.6 Å². The van der Waals surface area contributed by atoms with E-state index in [-0.39, 0.29) is 5.91 Å². The highest BCUT2D eigenvalue weighted by Crippen LogP contribution is 2.42. The number of fused-ring (bicyclic) bond motifs is 1. The second-order valence-corrected chi connectivity index (χ2v) is 8.27.